The molecule has 1 N–H and O–H groups in total. The van der Waals surface area contributed by atoms with Crippen molar-refractivity contribution in [1.82, 2.24) is 5.32 Å². The molecule has 0 spiro atoms. The number of hydrogen-bond donors (Lipinski definition) is 1. The molecule has 0 aliphatic heterocycles. The van der Waals surface area contributed by atoms with E-state index in [0.717, 1.165) is 28.4 Å². The summed E-state index contributed by atoms with van der Waals surface area (Å²) in [6, 6.07) is 4.05. The minimum atomic E-state index is 0.153. The molecule has 0 heterocycles. The van der Waals surface area contributed by atoms with Crippen LogP contribution in [0.15, 0.2) is 12.1 Å². The predicted octanol–water partition coefficient (Wildman–Crippen LogP) is 3.76. The second kappa shape index (κ2) is 6.27. The quantitative estimate of drug-likeness (QED) is 0.865. The minimum Gasteiger partial charge on any atom is -0.489 e. The lowest BCUT2D eigenvalue weighted by Gasteiger charge is -2.18. The molecule has 0 aliphatic rings. The van der Waals surface area contributed by atoms with Gasteiger partial charge in [-0.15, -0.1) is 0 Å². The maximum Gasteiger partial charge on any atom is 0.123 e. The van der Waals surface area contributed by atoms with Gasteiger partial charge in [0.1, 0.15) is 11.9 Å². The molecule has 0 aliphatic carbocycles. The molecule has 0 aromatic heterocycles. The van der Waals surface area contributed by atoms with Crippen molar-refractivity contribution in [2.24, 2.45) is 0 Å². The van der Waals surface area contributed by atoms with Crippen molar-refractivity contribution in [3.05, 3.63) is 28.3 Å². The standard InChI is InChI=1S/C14H22ClNO/c1-9(2)12-7-14(10(3)6-13(12)15)17-11(4)8-16-5/h6-7,9,11,16H,8H2,1-5H3. The van der Waals surface area contributed by atoms with Crippen molar-refractivity contribution in [2.45, 2.75) is 39.7 Å². The van der Waals surface area contributed by atoms with Crippen LogP contribution in [0.3, 0.4) is 0 Å². The molecule has 96 valence electrons. The fraction of sp³-hybridized carbons (Fsp3) is 0.571. The zero-order chi connectivity index (χ0) is 13.0. The van der Waals surface area contributed by atoms with Crippen LogP contribution in [0.1, 0.15) is 37.8 Å². The maximum absolute atomic E-state index is 6.23. The number of likely N-dealkylation sites (N-methyl/N-ethyl adjacent to an activating group) is 1. The first-order chi connectivity index (χ1) is 7.95. The van der Waals surface area contributed by atoms with E-state index in [4.69, 9.17) is 16.3 Å². The van der Waals surface area contributed by atoms with E-state index in [0.29, 0.717) is 5.92 Å². The van der Waals surface area contributed by atoms with Gasteiger partial charge in [0.05, 0.1) is 0 Å². The van der Waals surface area contributed by atoms with Gasteiger partial charge >= 0.3 is 0 Å². The molecule has 0 saturated heterocycles. The van der Waals surface area contributed by atoms with E-state index in [-0.39, 0.29) is 6.10 Å². The number of halogens is 1. The van der Waals surface area contributed by atoms with Crippen molar-refractivity contribution >= 4 is 11.6 Å². The lowest BCUT2D eigenvalue weighted by Crippen LogP contribution is -2.26. The Kier molecular flexibility index (Phi) is 5.29. The number of nitrogens with one attached hydrogen (secondary N) is 1. The van der Waals surface area contributed by atoms with Crippen LogP contribution in [0.5, 0.6) is 5.75 Å². The number of rotatable bonds is 5. The van der Waals surface area contributed by atoms with E-state index in [1.54, 1.807) is 0 Å². The Bertz CT molecular complexity index is 377. The lowest BCUT2D eigenvalue weighted by atomic mass is 10.0. The van der Waals surface area contributed by atoms with Crippen LogP contribution in [0.25, 0.3) is 0 Å². The molecular formula is C14H22ClNO. The molecule has 0 fully saturated rings. The number of ether oxygens (including phenoxy) is 1. The first-order valence-corrected chi connectivity index (χ1v) is 6.44. The summed E-state index contributed by atoms with van der Waals surface area (Å²) in [4.78, 5) is 0. The molecule has 1 atom stereocenters. The fourth-order valence-electron chi connectivity index (χ4n) is 1.78. The fourth-order valence-corrected chi connectivity index (χ4v) is 2.22. The van der Waals surface area contributed by atoms with Crippen LogP contribution in [0.4, 0.5) is 0 Å². The third-order valence-electron chi connectivity index (χ3n) is 2.74. The molecule has 1 rings (SSSR count). The lowest BCUT2D eigenvalue weighted by molar-refractivity contribution is 0.219. The number of hydrogen-bond acceptors (Lipinski definition) is 2. The van der Waals surface area contributed by atoms with E-state index in [9.17, 15) is 0 Å². The molecule has 1 aromatic carbocycles. The molecule has 0 bridgehead atoms. The zero-order valence-corrected chi connectivity index (χ0v) is 12.1. The smallest absolute Gasteiger partial charge is 0.123 e. The highest BCUT2D eigenvalue weighted by atomic mass is 35.5. The normalized spacial score (nSPS) is 12.9. The summed E-state index contributed by atoms with van der Waals surface area (Å²) in [5.74, 6) is 1.34. The van der Waals surface area contributed by atoms with Gasteiger partial charge in [-0.2, -0.15) is 0 Å². The second-order valence-electron chi connectivity index (χ2n) is 4.78. The van der Waals surface area contributed by atoms with Gasteiger partial charge in [-0.3, -0.25) is 0 Å². The summed E-state index contributed by atoms with van der Waals surface area (Å²) in [7, 11) is 1.92. The van der Waals surface area contributed by atoms with E-state index in [2.05, 4.69) is 32.2 Å². The average Bonchev–Trinajstić information content (AvgIpc) is 2.21. The molecule has 2 nitrogen and oxygen atoms in total. The third kappa shape index (κ3) is 3.90. The Morgan fingerprint density at radius 1 is 1.29 bits per heavy atom. The number of benzene rings is 1. The molecule has 0 saturated carbocycles. The van der Waals surface area contributed by atoms with Gasteiger partial charge < -0.3 is 10.1 Å². The minimum absolute atomic E-state index is 0.153. The van der Waals surface area contributed by atoms with Crippen LogP contribution >= 0.6 is 11.6 Å². The van der Waals surface area contributed by atoms with Crippen LogP contribution in [-0.4, -0.2) is 19.7 Å². The Balaban J connectivity index is 2.95. The van der Waals surface area contributed by atoms with Gasteiger partial charge in [-0.25, -0.2) is 0 Å². The van der Waals surface area contributed by atoms with E-state index in [1.165, 1.54) is 0 Å². The van der Waals surface area contributed by atoms with Crippen LogP contribution in [0, 0.1) is 6.92 Å². The summed E-state index contributed by atoms with van der Waals surface area (Å²) >= 11 is 6.23. The molecule has 0 radical (unpaired) electrons. The molecule has 1 aromatic rings. The molecule has 3 heteroatoms. The largest absolute Gasteiger partial charge is 0.489 e. The van der Waals surface area contributed by atoms with Crippen LogP contribution in [0.2, 0.25) is 5.02 Å². The second-order valence-corrected chi connectivity index (χ2v) is 5.19. The Hall–Kier alpha value is -0.730. The Morgan fingerprint density at radius 2 is 1.94 bits per heavy atom. The molecular weight excluding hydrogens is 234 g/mol. The highest BCUT2D eigenvalue weighted by Gasteiger charge is 2.12. The van der Waals surface area contributed by atoms with Gasteiger partial charge in [0, 0.05) is 11.6 Å². The third-order valence-corrected chi connectivity index (χ3v) is 3.06. The zero-order valence-electron chi connectivity index (χ0n) is 11.3. The summed E-state index contributed by atoms with van der Waals surface area (Å²) in [5.41, 5.74) is 2.23. The topological polar surface area (TPSA) is 21.3 Å². The summed E-state index contributed by atoms with van der Waals surface area (Å²) in [6.45, 7) is 9.19. The highest BCUT2D eigenvalue weighted by molar-refractivity contribution is 6.31. The SMILES string of the molecule is CNCC(C)Oc1cc(C(C)C)c(Cl)cc1C. The van der Waals surface area contributed by atoms with Gasteiger partial charge in [-0.1, -0.05) is 25.4 Å². The van der Waals surface area contributed by atoms with Crippen molar-refractivity contribution in [3.63, 3.8) is 0 Å². The highest BCUT2D eigenvalue weighted by Crippen LogP contribution is 2.31. The van der Waals surface area contributed by atoms with Gasteiger partial charge in [0.25, 0.3) is 0 Å². The predicted molar refractivity (Wildman–Crippen MR) is 74.3 cm³/mol. The summed E-state index contributed by atoms with van der Waals surface area (Å²) in [6.07, 6.45) is 0.153. The first-order valence-electron chi connectivity index (χ1n) is 6.07. The van der Waals surface area contributed by atoms with E-state index >= 15 is 0 Å². The molecule has 0 amide bonds. The average molecular weight is 256 g/mol. The Morgan fingerprint density at radius 3 is 2.47 bits per heavy atom. The van der Waals surface area contributed by atoms with Crippen LogP contribution in [-0.2, 0) is 0 Å². The van der Waals surface area contributed by atoms with E-state index < -0.39 is 0 Å². The Labute approximate surface area is 109 Å². The van der Waals surface area contributed by atoms with Gasteiger partial charge in [0.2, 0.25) is 0 Å². The first kappa shape index (κ1) is 14.3. The van der Waals surface area contributed by atoms with Crippen molar-refractivity contribution in [1.29, 1.82) is 0 Å². The molecule has 17 heavy (non-hydrogen) atoms. The summed E-state index contributed by atoms with van der Waals surface area (Å²) in [5, 5.41) is 3.93. The summed E-state index contributed by atoms with van der Waals surface area (Å²) < 4.78 is 5.91. The molecule has 1 unspecified atom stereocenters. The number of aryl methyl sites for hydroxylation is 1. The monoisotopic (exact) mass is 255 g/mol. The van der Waals surface area contributed by atoms with Crippen molar-refractivity contribution in [3.8, 4) is 5.75 Å². The van der Waals surface area contributed by atoms with Crippen LogP contribution < -0.4 is 10.1 Å². The maximum atomic E-state index is 6.23. The van der Waals surface area contributed by atoms with Gasteiger partial charge in [0.15, 0.2) is 0 Å². The van der Waals surface area contributed by atoms with Crippen molar-refractivity contribution < 1.29 is 4.74 Å². The van der Waals surface area contributed by atoms with Gasteiger partial charge in [-0.05, 0) is 50.1 Å². The van der Waals surface area contributed by atoms with Crippen molar-refractivity contribution in [2.75, 3.05) is 13.6 Å². The van der Waals surface area contributed by atoms with E-state index in [1.807, 2.05) is 20.0 Å².